The molecule has 0 radical (unpaired) electrons. The molecule has 0 bridgehead atoms. The van der Waals surface area contributed by atoms with Crippen LogP contribution in [-0.2, 0) is 0 Å². The van der Waals surface area contributed by atoms with Crippen LogP contribution in [0.2, 0.25) is 5.02 Å². The highest BCUT2D eigenvalue weighted by Crippen LogP contribution is 2.28. The summed E-state index contributed by atoms with van der Waals surface area (Å²) in [6.07, 6.45) is 3.91. The predicted molar refractivity (Wildman–Crippen MR) is 104 cm³/mol. The van der Waals surface area contributed by atoms with Crippen LogP contribution in [0, 0.1) is 0 Å². The van der Waals surface area contributed by atoms with Crippen LogP contribution in [0.1, 0.15) is 10.6 Å². The molecule has 26 heavy (non-hydrogen) atoms. The van der Waals surface area contributed by atoms with E-state index in [1.54, 1.807) is 4.52 Å². The van der Waals surface area contributed by atoms with Crippen molar-refractivity contribution in [2.45, 2.75) is 0 Å². The number of rotatable bonds is 3. The number of halogens is 1. The first-order chi connectivity index (χ1) is 12.8. The van der Waals surface area contributed by atoms with Crippen LogP contribution in [0.5, 0.6) is 0 Å². The van der Waals surface area contributed by atoms with Crippen molar-refractivity contribution in [2.24, 2.45) is 0 Å². The maximum absolute atomic E-state index is 6.02. The molecule has 0 saturated carbocycles. The molecule has 3 aromatic heterocycles. The number of nitrogens with zero attached hydrogens (tertiary/aromatic N) is 4. The normalized spacial score (nSPS) is 11.9. The van der Waals surface area contributed by atoms with Crippen LogP contribution in [0.4, 0.5) is 0 Å². The van der Waals surface area contributed by atoms with E-state index in [0.717, 1.165) is 21.5 Å². The van der Waals surface area contributed by atoms with E-state index in [9.17, 15) is 0 Å². The van der Waals surface area contributed by atoms with E-state index in [1.165, 1.54) is 11.3 Å². The summed E-state index contributed by atoms with van der Waals surface area (Å²) in [5.41, 5.74) is 1.83. The Morgan fingerprint density at radius 2 is 1.92 bits per heavy atom. The van der Waals surface area contributed by atoms with Crippen molar-refractivity contribution in [2.75, 3.05) is 0 Å². The Balaban J connectivity index is 1.53. The third kappa shape index (κ3) is 2.69. The van der Waals surface area contributed by atoms with E-state index < -0.39 is 0 Å². The molecule has 0 atom stereocenters. The molecule has 0 unspecified atom stereocenters. The van der Waals surface area contributed by atoms with Gasteiger partial charge in [-0.05, 0) is 35.9 Å². The molecule has 0 N–H and O–H groups in total. The monoisotopic (exact) mass is 378 g/mol. The standard InChI is InChI=1S/C19H11ClN4OS/c20-14-6-3-4-12(10-14)8-9-17-23-24-18(21-22-19(24)26-17)16-11-13-5-1-2-7-15(13)25-16/h1-11H/b9-8+. The lowest BCUT2D eigenvalue weighted by molar-refractivity contribution is 0.622. The van der Waals surface area contributed by atoms with Gasteiger partial charge in [0, 0.05) is 10.4 Å². The zero-order valence-electron chi connectivity index (χ0n) is 13.3. The zero-order chi connectivity index (χ0) is 17.5. The van der Waals surface area contributed by atoms with Crippen LogP contribution < -0.4 is 0 Å². The minimum Gasteiger partial charge on any atom is -0.453 e. The molecule has 0 aliphatic carbocycles. The summed E-state index contributed by atoms with van der Waals surface area (Å²) in [6.45, 7) is 0. The lowest BCUT2D eigenvalue weighted by atomic mass is 10.2. The molecule has 0 spiro atoms. The van der Waals surface area contributed by atoms with Gasteiger partial charge in [0.1, 0.15) is 10.6 Å². The first-order valence-corrected chi connectivity index (χ1v) is 9.10. The highest BCUT2D eigenvalue weighted by Gasteiger charge is 2.16. The Bertz CT molecular complexity index is 1230. The number of fused-ring (bicyclic) bond motifs is 2. The molecule has 3 heterocycles. The summed E-state index contributed by atoms with van der Waals surface area (Å²) >= 11 is 7.48. The van der Waals surface area contributed by atoms with Crippen molar-refractivity contribution in [3.8, 4) is 11.6 Å². The van der Waals surface area contributed by atoms with Crippen LogP contribution >= 0.6 is 22.9 Å². The van der Waals surface area contributed by atoms with Crippen molar-refractivity contribution >= 4 is 51.0 Å². The molecule has 0 fully saturated rings. The molecule has 0 aliphatic heterocycles. The molecule has 5 nitrogen and oxygen atoms in total. The highest BCUT2D eigenvalue weighted by molar-refractivity contribution is 7.17. The molecule has 2 aromatic carbocycles. The molecule has 5 rings (SSSR count). The minimum atomic E-state index is 0.592. The number of benzene rings is 2. The third-order valence-electron chi connectivity index (χ3n) is 3.92. The second-order valence-electron chi connectivity index (χ2n) is 5.70. The Kier molecular flexibility index (Phi) is 3.58. The summed E-state index contributed by atoms with van der Waals surface area (Å²) in [5.74, 6) is 1.24. The first kappa shape index (κ1) is 15.3. The summed E-state index contributed by atoms with van der Waals surface area (Å²) in [6, 6.07) is 17.5. The highest BCUT2D eigenvalue weighted by atomic mass is 35.5. The third-order valence-corrected chi connectivity index (χ3v) is 5.02. The quantitative estimate of drug-likeness (QED) is 0.420. The molecule has 126 valence electrons. The number of furan rings is 1. The van der Waals surface area contributed by atoms with Crippen molar-refractivity contribution in [1.29, 1.82) is 0 Å². The van der Waals surface area contributed by atoms with Crippen molar-refractivity contribution in [3.05, 3.63) is 70.2 Å². The van der Waals surface area contributed by atoms with Crippen LogP contribution in [-0.4, -0.2) is 19.8 Å². The Morgan fingerprint density at radius 3 is 2.81 bits per heavy atom. The van der Waals surface area contributed by atoms with Crippen LogP contribution in [0.25, 0.3) is 39.7 Å². The lowest BCUT2D eigenvalue weighted by Crippen LogP contribution is -1.89. The van der Waals surface area contributed by atoms with Gasteiger partial charge in [-0.15, -0.1) is 10.2 Å². The number of aromatic nitrogens is 4. The first-order valence-electron chi connectivity index (χ1n) is 7.91. The van der Waals surface area contributed by atoms with Crippen LogP contribution in [0.3, 0.4) is 0 Å². The average molecular weight is 379 g/mol. The molecule has 5 aromatic rings. The largest absolute Gasteiger partial charge is 0.453 e. The second kappa shape index (κ2) is 6.09. The van der Waals surface area contributed by atoms with Crippen LogP contribution in [0.15, 0.2) is 59.0 Å². The number of hydrogen-bond donors (Lipinski definition) is 0. The summed E-state index contributed by atoms with van der Waals surface area (Å²) in [4.78, 5) is 0.714. The SMILES string of the molecule is Clc1cccc(/C=C/c2nn3c(-c4cc5ccccc5o4)nnc3s2)c1. The maximum atomic E-state index is 6.02. The van der Waals surface area contributed by atoms with Gasteiger partial charge in [0.2, 0.25) is 10.8 Å². The van der Waals surface area contributed by atoms with Gasteiger partial charge in [0.05, 0.1) is 0 Å². The molecular weight excluding hydrogens is 368 g/mol. The fourth-order valence-electron chi connectivity index (χ4n) is 2.72. The number of para-hydroxylation sites is 1. The van der Waals surface area contributed by atoms with Gasteiger partial charge < -0.3 is 4.42 Å². The van der Waals surface area contributed by atoms with Gasteiger partial charge in [-0.25, -0.2) is 0 Å². The minimum absolute atomic E-state index is 0.592. The van der Waals surface area contributed by atoms with Gasteiger partial charge in [-0.2, -0.15) is 9.61 Å². The molecule has 0 saturated heterocycles. The Hall–Kier alpha value is -2.96. The zero-order valence-corrected chi connectivity index (χ0v) is 14.9. The average Bonchev–Trinajstić information content (AvgIpc) is 3.33. The van der Waals surface area contributed by atoms with E-state index in [1.807, 2.05) is 66.7 Å². The number of hydrogen-bond acceptors (Lipinski definition) is 5. The smallest absolute Gasteiger partial charge is 0.235 e. The Morgan fingerprint density at radius 1 is 1.00 bits per heavy atom. The maximum Gasteiger partial charge on any atom is 0.235 e. The molecule has 0 aliphatic rings. The van der Waals surface area contributed by atoms with Crippen molar-refractivity contribution < 1.29 is 4.42 Å². The van der Waals surface area contributed by atoms with Crippen molar-refractivity contribution in [1.82, 2.24) is 19.8 Å². The van der Waals surface area contributed by atoms with E-state index in [0.29, 0.717) is 21.6 Å². The van der Waals surface area contributed by atoms with Gasteiger partial charge in [-0.3, -0.25) is 0 Å². The van der Waals surface area contributed by atoms with E-state index in [4.69, 9.17) is 16.0 Å². The van der Waals surface area contributed by atoms with Gasteiger partial charge in [0.25, 0.3) is 0 Å². The van der Waals surface area contributed by atoms with E-state index in [-0.39, 0.29) is 0 Å². The lowest BCUT2D eigenvalue weighted by Gasteiger charge is -1.93. The molecular formula is C19H11ClN4OS. The van der Waals surface area contributed by atoms with Gasteiger partial charge >= 0.3 is 0 Å². The fourth-order valence-corrected chi connectivity index (χ4v) is 3.66. The predicted octanol–water partition coefficient (Wildman–Crippen LogP) is 5.42. The van der Waals surface area contributed by atoms with Gasteiger partial charge in [-0.1, -0.05) is 59.3 Å². The fraction of sp³-hybridized carbons (Fsp3) is 0. The summed E-state index contributed by atoms with van der Waals surface area (Å²) in [5, 5.41) is 15.6. The second-order valence-corrected chi connectivity index (χ2v) is 7.12. The van der Waals surface area contributed by atoms with E-state index in [2.05, 4.69) is 15.3 Å². The summed E-state index contributed by atoms with van der Waals surface area (Å²) < 4.78 is 7.59. The van der Waals surface area contributed by atoms with E-state index >= 15 is 0 Å². The Labute approximate surface area is 157 Å². The molecule has 7 heteroatoms. The van der Waals surface area contributed by atoms with Gasteiger partial charge in [0.15, 0.2) is 5.76 Å². The topological polar surface area (TPSA) is 56.2 Å². The van der Waals surface area contributed by atoms with Crippen molar-refractivity contribution in [3.63, 3.8) is 0 Å². The molecule has 0 amide bonds. The summed E-state index contributed by atoms with van der Waals surface area (Å²) in [7, 11) is 0.